The van der Waals surface area contributed by atoms with Crippen molar-refractivity contribution in [2.45, 2.75) is 24.7 Å². The van der Waals surface area contributed by atoms with E-state index in [-0.39, 0.29) is 28.8 Å². The van der Waals surface area contributed by atoms with Gasteiger partial charge in [0.2, 0.25) is 21.9 Å². The molecule has 12 heteroatoms. The first kappa shape index (κ1) is 26.0. The number of nitrogens with zero attached hydrogens (tertiary/aromatic N) is 6. The van der Waals surface area contributed by atoms with Gasteiger partial charge in [-0.15, -0.1) is 0 Å². The number of aryl methyl sites for hydroxylation is 1. The van der Waals surface area contributed by atoms with Crippen molar-refractivity contribution in [3.63, 3.8) is 0 Å². The summed E-state index contributed by atoms with van der Waals surface area (Å²) in [6, 6.07) is 7.93. The second-order valence-corrected chi connectivity index (χ2v) is 11.3. The zero-order valence-corrected chi connectivity index (χ0v) is 21.8. The Labute approximate surface area is 220 Å². The standard InChI is InChI=1S/C26H29FN6O4S/c1-19-24(23(37-30-19)10-9-20-6-2-3-8-22(20)27)38(35,36)33-13-4-7-21(18-33)25(34)31-14-16-32(17-15-31)26-28-11-5-12-29-26/h2-3,5-6,8-12,21H,4,7,13-18H2,1H3/b10-9+/t21-/m1/s1. The minimum atomic E-state index is -4.00. The summed E-state index contributed by atoms with van der Waals surface area (Å²) in [6.07, 6.45) is 7.43. The van der Waals surface area contributed by atoms with Gasteiger partial charge in [0.05, 0.1) is 5.92 Å². The topological polar surface area (TPSA) is 113 Å². The number of hydrogen-bond acceptors (Lipinski definition) is 8. The summed E-state index contributed by atoms with van der Waals surface area (Å²) in [5.74, 6) is -0.244. The summed E-state index contributed by atoms with van der Waals surface area (Å²) in [5.41, 5.74) is 0.512. The highest BCUT2D eigenvalue weighted by atomic mass is 32.2. The Balaban J connectivity index is 1.28. The molecule has 1 amide bonds. The SMILES string of the molecule is Cc1noc(/C=C/c2ccccc2F)c1S(=O)(=O)N1CCC[C@@H](C(=O)N2CCN(c3ncccn3)CC2)C1. The Bertz CT molecular complexity index is 1420. The van der Waals surface area contributed by atoms with E-state index >= 15 is 0 Å². The molecule has 0 bridgehead atoms. The molecule has 2 aliphatic heterocycles. The Kier molecular flexibility index (Phi) is 7.52. The number of hydrogen-bond donors (Lipinski definition) is 0. The van der Waals surface area contributed by atoms with Crippen molar-refractivity contribution in [2.75, 3.05) is 44.2 Å². The number of rotatable bonds is 6. The first-order chi connectivity index (χ1) is 18.3. The van der Waals surface area contributed by atoms with Gasteiger partial charge >= 0.3 is 0 Å². The van der Waals surface area contributed by atoms with Gasteiger partial charge in [-0.25, -0.2) is 22.8 Å². The predicted octanol–water partition coefficient (Wildman–Crippen LogP) is 2.83. The fourth-order valence-electron chi connectivity index (χ4n) is 4.91. The van der Waals surface area contributed by atoms with Gasteiger partial charge in [-0.1, -0.05) is 23.4 Å². The van der Waals surface area contributed by atoms with Crippen LogP contribution in [0.15, 0.2) is 52.1 Å². The molecule has 200 valence electrons. The van der Waals surface area contributed by atoms with E-state index in [2.05, 4.69) is 15.1 Å². The van der Waals surface area contributed by atoms with Crippen LogP contribution in [0.4, 0.5) is 10.3 Å². The highest BCUT2D eigenvalue weighted by Crippen LogP contribution is 2.30. The zero-order chi connectivity index (χ0) is 26.7. The lowest BCUT2D eigenvalue weighted by Gasteiger charge is -2.38. The molecule has 0 unspecified atom stereocenters. The van der Waals surface area contributed by atoms with E-state index in [1.807, 2.05) is 4.90 Å². The number of benzene rings is 1. The maximum Gasteiger partial charge on any atom is 0.248 e. The van der Waals surface area contributed by atoms with E-state index in [0.29, 0.717) is 57.1 Å². The number of aromatic nitrogens is 3. The van der Waals surface area contributed by atoms with Crippen LogP contribution in [0, 0.1) is 18.7 Å². The van der Waals surface area contributed by atoms with Crippen LogP contribution in [0.3, 0.4) is 0 Å². The molecule has 0 saturated carbocycles. The monoisotopic (exact) mass is 540 g/mol. The third-order valence-electron chi connectivity index (χ3n) is 6.91. The number of sulfonamides is 1. The molecule has 0 radical (unpaired) electrons. The molecule has 0 aliphatic carbocycles. The minimum absolute atomic E-state index is 0.0263. The Morgan fingerprint density at radius 1 is 1.05 bits per heavy atom. The largest absolute Gasteiger partial charge is 0.355 e. The number of carbonyl (C=O) groups excluding carboxylic acids is 1. The molecule has 10 nitrogen and oxygen atoms in total. The van der Waals surface area contributed by atoms with Crippen molar-refractivity contribution in [2.24, 2.45) is 5.92 Å². The Morgan fingerprint density at radius 2 is 1.79 bits per heavy atom. The fourth-order valence-corrected chi connectivity index (χ4v) is 6.68. The van der Waals surface area contributed by atoms with Crippen LogP contribution in [-0.2, 0) is 14.8 Å². The summed E-state index contributed by atoms with van der Waals surface area (Å²) in [6.45, 7) is 4.21. The minimum Gasteiger partial charge on any atom is -0.355 e. The fraction of sp³-hybridized carbons (Fsp3) is 0.385. The van der Waals surface area contributed by atoms with Crippen LogP contribution in [0.25, 0.3) is 12.2 Å². The second kappa shape index (κ2) is 11.0. The molecule has 2 fully saturated rings. The molecule has 3 aromatic rings. The van der Waals surface area contributed by atoms with Gasteiger partial charge < -0.3 is 14.3 Å². The number of piperazine rings is 1. The molecule has 38 heavy (non-hydrogen) atoms. The molecular weight excluding hydrogens is 511 g/mol. The summed E-state index contributed by atoms with van der Waals surface area (Å²) >= 11 is 0. The molecule has 5 rings (SSSR count). The van der Waals surface area contributed by atoms with Crippen molar-refractivity contribution >= 4 is 34.0 Å². The average molecular weight is 541 g/mol. The maximum atomic E-state index is 14.0. The van der Waals surface area contributed by atoms with E-state index in [1.54, 1.807) is 48.5 Å². The lowest BCUT2D eigenvalue weighted by Crippen LogP contribution is -2.53. The van der Waals surface area contributed by atoms with Crippen LogP contribution in [-0.4, -0.2) is 77.9 Å². The number of carbonyl (C=O) groups is 1. The van der Waals surface area contributed by atoms with E-state index < -0.39 is 21.8 Å². The number of anilines is 1. The van der Waals surface area contributed by atoms with Crippen LogP contribution in [0.2, 0.25) is 0 Å². The van der Waals surface area contributed by atoms with Gasteiger partial charge in [-0.2, -0.15) is 4.31 Å². The van der Waals surface area contributed by atoms with Crippen molar-refractivity contribution in [3.05, 3.63) is 65.6 Å². The maximum absolute atomic E-state index is 14.0. The number of halogens is 1. The van der Waals surface area contributed by atoms with Crippen LogP contribution >= 0.6 is 0 Å². The molecule has 0 spiro atoms. The number of piperidine rings is 1. The molecule has 2 aliphatic rings. The van der Waals surface area contributed by atoms with Gasteiger partial charge in [0.25, 0.3) is 0 Å². The highest BCUT2D eigenvalue weighted by Gasteiger charge is 2.38. The van der Waals surface area contributed by atoms with E-state index in [0.717, 1.165) is 0 Å². The smallest absolute Gasteiger partial charge is 0.248 e. The van der Waals surface area contributed by atoms with Gasteiger partial charge in [0.15, 0.2) is 10.7 Å². The summed E-state index contributed by atoms with van der Waals surface area (Å²) in [5, 5.41) is 3.86. The summed E-state index contributed by atoms with van der Waals surface area (Å²) < 4.78 is 48.0. The van der Waals surface area contributed by atoms with E-state index in [4.69, 9.17) is 4.52 Å². The molecule has 0 N–H and O–H groups in total. The molecule has 2 saturated heterocycles. The van der Waals surface area contributed by atoms with Crippen LogP contribution < -0.4 is 4.90 Å². The van der Waals surface area contributed by atoms with Crippen molar-refractivity contribution in [1.29, 1.82) is 0 Å². The summed E-state index contributed by atoms with van der Waals surface area (Å²) in [4.78, 5) is 25.7. The van der Waals surface area contributed by atoms with Gasteiger partial charge in [0.1, 0.15) is 11.5 Å². The number of amides is 1. The van der Waals surface area contributed by atoms with Gasteiger partial charge in [0, 0.05) is 57.2 Å². The summed E-state index contributed by atoms with van der Waals surface area (Å²) in [7, 11) is -4.00. The van der Waals surface area contributed by atoms with Crippen LogP contribution in [0.1, 0.15) is 29.9 Å². The van der Waals surface area contributed by atoms with Crippen molar-refractivity contribution in [1.82, 2.24) is 24.3 Å². The lowest BCUT2D eigenvalue weighted by molar-refractivity contribution is -0.137. The normalized spacial score (nSPS) is 19.3. The molecular formula is C26H29FN6O4S. The first-order valence-electron chi connectivity index (χ1n) is 12.5. The molecule has 1 aromatic carbocycles. The Morgan fingerprint density at radius 3 is 2.53 bits per heavy atom. The molecule has 1 atom stereocenters. The van der Waals surface area contributed by atoms with Gasteiger partial charge in [-0.3, -0.25) is 4.79 Å². The average Bonchev–Trinajstić information content (AvgIpc) is 3.33. The third-order valence-corrected chi connectivity index (χ3v) is 8.93. The van der Waals surface area contributed by atoms with Crippen molar-refractivity contribution < 1.29 is 22.1 Å². The Hall–Kier alpha value is -3.64. The quantitative estimate of drug-likeness (QED) is 0.469. The van der Waals surface area contributed by atoms with E-state index in [1.165, 1.54) is 22.5 Å². The second-order valence-electron chi connectivity index (χ2n) is 9.38. The van der Waals surface area contributed by atoms with Gasteiger partial charge in [-0.05, 0) is 44.1 Å². The van der Waals surface area contributed by atoms with E-state index in [9.17, 15) is 17.6 Å². The van der Waals surface area contributed by atoms with Crippen LogP contribution in [0.5, 0.6) is 0 Å². The lowest BCUT2D eigenvalue weighted by atomic mass is 9.98. The molecule has 2 aromatic heterocycles. The first-order valence-corrected chi connectivity index (χ1v) is 14.0. The highest BCUT2D eigenvalue weighted by molar-refractivity contribution is 7.89. The predicted molar refractivity (Wildman–Crippen MR) is 139 cm³/mol. The zero-order valence-electron chi connectivity index (χ0n) is 21.0. The molecule has 4 heterocycles. The van der Waals surface area contributed by atoms with Crippen molar-refractivity contribution in [3.8, 4) is 0 Å². The third kappa shape index (κ3) is 5.32.